The summed E-state index contributed by atoms with van der Waals surface area (Å²) in [5.74, 6) is -0.152. The van der Waals surface area contributed by atoms with Crippen molar-refractivity contribution in [1.29, 1.82) is 0 Å². The second-order valence-corrected chi connectivity index (χ2v) is 9.87. The fourth-order valence-electron chi connectivity index (χ4n) is 5.35. The lowest BCUT2D eigenvalue weighted by Crippen LogP contribution is -2.38. The first kappa shape index (κ1) is 25.3. The average Bonchev–Trinajstić information content (AvgIpc) is 3.25. The van der Waals surface area contributed by atoms with E-state index in [4.69, 9.17) is 13.9 Å². The van der Waals surface area contributed by atoms with Crippen molar-refractivity contribution in [2.75, 3.05) is 39.4 Å². The maximum atomic E-state index is 14.0. The number of nitrogens with zero attached hydrogens (tertiary/aromatic N) is 2. The minimum absolute atomic E-state index is 0.0277. The van der Waals surface area contributed by atoms with Crippen LogP contribution in [0.15, 0.2) is 82.0 Å². The second kappa shape index (κ2) is 11.0. The molecule has 0 bridgehead atoms. The van der Waals surface area contributed by atoms with Gasteiger partial charge in [0.1, 0.15) is 23.8 Å². The van der Waals surface area contributed by atoms with Gasteiger partial charge in [-0.05, 0) is 47.9 Å². The van der Waals surface area contributed by atoms with Crippen LogP contribution in [0.1, 0.15) is 39.7 Å². The van der Waals surface area contributed by atoms with Crippen molar-refractivity contribution >= 4 is 16.9 Å². The van der Waals surface area contributed by atoms with Gasteiger partial charge in [-0.1, -0.05) is 42.5 Å². The van der Waals surface area contributed by atoms with E-state index in [0.717, 1.165) is 37.2 Å². The molecule has 1 saturated heterocycles. The van der Waals surface area contributed by atoms with Crippen LogP contribution in [-0.2, 0) is 11.3 Å². The number of amides is 1. The third kappa shape index (κ3) is 5.17. The number of fused-ring (bicyclic) bond motifs is 2. The predicted octanol–water partition coefficient (Wildman–Crippen LogP) is 4.78. The van der Waals surface area contributed by atoms with Gasteiger partial charge in [-0.2, -0.15) is 0 Å². The Labute approximate surface area is 225 Å². The molecule has 7 nitrogen and oxygen atoms in total. The molecule has 1 unspecified atom stereocenters. The maximum Gasteiger partial charge on any atom is 0.290 e. The standard InChI is InChI=1S/C31H29FN2O5/c32-23-9-12-26-25(19-23)29(35)27-28(22-7-10-24(11-8-22)38-20-21-5-2-1-3-6-21)34(31(36)30(27)39-26)14-4-13-33-15-17-37-18-16-33/h1-3,5-12,19,28H,4,13-18,20H2. The fraction of sp³-hybridized carbons (Fsp3) is 0.290. The number of morpholine rings is 1. The predicted molar refractivity (Wildman–Crippen MR) is 144 cm³/mol. The van der Waals surface area contributed by atoms with E-state index in [-0.39, 0.29) is 33.6 Å². The third-order valence-electron chi connectivity index (χ3n) is 7.35. The van der Waals surface area contributed by atoms with E-state index >= 15 is 0 Å². The number of ether oxygens (including phenoxy) is 2. The summed E-state index contributed by atoms with van der Waals surface area (Å²) in [4.78, 5) is 31.3. The molecule has 3 heterocycles. The van der Waals surface area contributed by atoms with Crippen LogP contribution in [0.5, 0.6) is 5.75 Å². The molecule has 2 aliphatic rings. The topological polar surface area (TPSA) is 72.2 Å². The molecule has 0 saturated carbocycles. The smallest absolute Gasteiger partial charge is 0.290 e. The zero-order valence-electron chi connectivity index (χ0n) is 21.5. The van der Waals surface area contributed by atoms with E-state index in [1.807, 2.05) is 54.6 Å². The molecule has 0 aliphatic carbocycles. The molecule has 1 atom stereocenters. The van der Waals surface area contributed by atoms with Crippen molar-refractivity contribution in [3.05, 3.63) is 111 Å². The molecule has 1 fully saturated rings. The lowest BCUT2D eigenvalue weighted by molar-refractivity contribution is 0.0353. The van der Waals surface area contributed by atoms with Crippen LogP contribution in [0.4, 0.5) is 4.39 Å². The van der Waals surface area contributed by atoms with Gasteiger partial charge in [-0.15, -0.1) is 0 Å². The molecule has 4 aromatic rings. The highest BCUT2D eigenvalue weighted by atomic mass is 19.1. The number of carbonyl (C=O) groups is 1. The van der Waals surface area contributed by atoms with Crippen molar-refractivity contribution in [3.8, 4) is 5.75 Å². The van der Waals surface area contributed by atoms with Crippen LogP contribution in [0.25, 0.3) is 11.0 Å². The van der Waals surface area contributed by atoms with Gasteiger partial charge in [0.15, 0.2) is 5.43 Å². The lowest BCUT2D eigenvalue weighted by Gasteiger charge is -2.29. The number of hydrogen-bond donors (Lipinski definition) is 0. The molecule has 8 heteroatoms. The van der Waals surface area contributed by atoms with Gasteiger partial charge in [0, 0.05) is 26.2 Å². The van der Waals surface area contributed by atoms with Gasteiger partial charge in [-0.3, -0.25) is 14.5 Å². The van der Waals surface area contributed by atoms with E-state index < -0.39 is 11.9 Å². The van der Waals surface area contributed by atoms with Crippen molar-refractivity contribution in [3.63, 3.8) is 0 Å². The summed E-state index contributed by atoms with van der Waals surface area (Å²) in [6.45, 7) is 4.82. The van der Waals surface area contributed by atoms with Crippen LogP contribution in [0.2, 0.25) is 0 Å². The number of benzene rings is 3. The summed E-state index contributed by atoms with van der Waals surface area (Å²) in [6, 6.07) is 20.5. The van der Waals surface area contributed by atoms with Crippen LogP contribution >= 0.6 is 0 Å². The molecule has 1 aromatic heterocycles. The van der Waals surface area contributed by atoms with Gasteiger partial charge >= 0.3 is 0 Å². The molecule has 2 aliphatic heterocycles. The van der Waals surface area contributed by atoms with E-state index in [0.29, 0.717) is 32.1 Å². The van der Waals surface area contributed by atoms with Crippen molar-refractivity contribution < 1.29 is 23.1 Å². The van der Waals surface area contributed by atoms with E-state index in [1.54, 1.807) is 4.90 Å². The highest BCUT2D eigenvalue weighted by molar-refractivity contribution is 5.99. The van der Waals surface area contributed by atoms with E-state index in [9.17, 15) is 14.0 Å². The molecule has 3 aromatic carbocycles. The van der Waals surface area contributed by atoms with E-state index in [1.165, 1.54) is 18.2 Å². The number of hydrogen-bond acceptors (Lipinski definition) is 6. The summed E-state index contributed by atoms with van der Waals surface area (Å²) in [7, 11) is 0. The second-order valence-electron chi connectivity index (χ2n) is 9.87. The monoisotopic (exact) mass is 528 g/mol. The highest BCUT2D eigenvalue weighted by Gasteiger charge is 2.42. The average molecular weight is 529 g/mol. The summed E-state index contributed by atoms with van der Waals surface area (Å²) < 4.78 is 31.3. The Morgan fingerprint density at radius 1 is 0.923 bits per heavy atom. The molecular formula is C31H29FN2O5. The van der Waals surface area contributed by atoms with Crippen LogP contribution in [0, 0.1) is 5.82 Å². The Bertz CT molecular complexity index is 1530. The Hall–Kier alpha value is -4.01. The number of halogens is 1. The van der Waals surface area contributed by atoms with E-state index in [2.05, 4.69) is 4.90 Å². The minimum Gasteiger partial charge on any atom is -0.489 e. The first-order valence-corrected chi connectivity index (χ1v) is 13.2. The van der Waals surface area contributed by atoms with Crippen molar-refractivity contribution in [2.24, 2.45) is 0 Å². The summed E-state index contributed by atoms with van der Waals surface area (Å²) >= 11 is 0. The number of carbonyl (C=O) groups excluding carboxylic acids is 1. The molecule has 0 N–H and O–H groups in total. The SMILES string of the molecule is O=C1c2oc3ccc(F)cc3c(=O)c2C(c2ccc(OCc3ccccc3)cc2)N1CCCN1CCOCC1. The zero-order valence-corrected chi connectivity index (χ0v) is 21.5. The fourth-order valence-corrected chi connectivity index (χ4v) is 5.35. The normalized spacial score (nSPS) is 17.5. The molecule has 6 rings (SSSR count). The van der Waals surface area contributed by atoms with Crippen molar-refractivity contribution in [1.82, 2.24) is 9.80 Å². The Balaban J connectivity index is 1.31. The Morgan fingerprint density at radius 3 is 2.46 bits per heavy atom. The minimum atomic E-state index is -0.635. The number of rotatable bonds is 8. The van der Waals surface area contributed by atoms with Gasteiger partial charge in [0.05, 0.1) is 30.2 Å². The maximum absolute atomic E-state index is 14.0. The molecule has 39 heavy (non-hydrogen) atoms. The third-order valence-corrected chi connectivity index (χ3v) is 7.35. The highest BCUT2D eigenvalue weighted by Crippen LogP contribution is 2.38. The molecule has 1 amide bonds. The van der Waals surface area contributed by atoms with Crippen LogP contribution < -0.4 is 10.2 Å². The van der Waals surface area contributed by atoms with Crippen molar-refractivity contribution in [2.45, 2.75) is 19.1 Å². The molecule has 0 spiro atoms. The first-order chi connectivity index (χ1) is 19.1. The van der Waals surface area contributed by atoms with Gasteiger partial charge in [0.2, 0.25) is 5.76 Å². The Kier molecular flexibility index (Phi) is 7.13. The molecule has 0 radical (unpaired) electrons. The summed E-state index contributed by atoms with van der Waals surface area (Å²) in [5.41, 5.74) is 1.89. The van der Waals surface area contributed by atoms with Gasteiger partial charge in [-0.25, -0.2) is 4.39 Å². The zero-order chi connectivity index (χ0) is 26.8. The molecule has 200 valence electrons. The van der Waals surface area contributed by atoms with Gasteiger partial charge < -0.3 is 18.8 Å². The Morgan fingerprint density at radius 2 is 1.69 bits per heavy atom. The first-order valence-electron chi connectivity index (χ1n) is 13.2. The van der Waals surface area contributed by atoms with Crippen LogP contribution in [-0.4, -0.2) is 55.1 Å². The lowest BCUT2D eigenvalue weighted by atomic mass is 9.98. The largest absolute Gasteiger partial charge is 0.489 e. The summed E-state index contributed by atoms with van der Waals surface area (Å²) in [5, 5.41) is 0.129. The van der Waals surface area contributed by atoms with Gasteiger partial charge in [0.25, 0.3) is 5.91 Å². The quantitative estimate of drug-likeness (QED) is 0.328. The van der Waals surface area contributed by atoms with Crippen LogP contribution in [0.3, 0.4) is 0 Å². The molecular weight excluding hydrogens is 499 g/mol. The summed E-state index contributed by atoms with van der Waals surface area (Å²) in [6.07, 6.45) is 0.733.